The summed E-state index contributed by atoms with van der Waals surface area (Å²) in [5.41, 5.74) is 7.34. The molecule has 7 heteroatoms. The number of rotatable bonds is 5. The van der Waals surface area contributed by atoms with E-state index in [2.05, 4.69) is 20.4 Å². The summed E-state index contributed by atoms with van der Waals surface area (Å²) in [4.78, 5) is 19.1. The summed E-state index contributed by atoms with van der Waals surface area (Å²) in [6, 6.07) is 0. The number of nitrogens with one attached hydrogen (secondary N) is 2. The van der Waals surface area contributed by atoms with Crippen molar-refractivity contribution in [3.8, 4) is 0 Å². The molecule has 0 aliphatic rings. The fraction of sp³-hybridized carbons (Fsp3) is 0.417. The van der Waals surface area contributed by atoms with E-state index in [-0.39, 0.29) is 5.91 Å². The van der Waals surface area contributed by atoms with Crippen molar-refractivity contribution in [3.63, 3.8) is 0 Å². The van der Waals surface area contributed by atoms with Crippen molar-refractivity contribution in [2.24, 2.45) is 7.05 Å². The van der Waals surface area contributed by atoms with Gasteiger partial charge in [0.15, 0.2) is 0 Å². The third-order valence-corrected chi connectivity index (χ3v) is 2.91. The molecule has 0 atom stereocenters. The van der Waals surface area contributed by atoms with Crippen LogP contribution in [0.2, 0.25) is 0 Å². The van der Waals surface area contributed by atoms with Gasteiger partial charge in [0.25, 0.3) is 5.91 Å². The minimum Gasteiger partial charge on any atom is -0.395 e. The van der Waals surface area contributed by atoms with Gasteiger partial charge >= 0.3 is 0 Å². The van der Waals surface area contributed by atoms with Crippen LogP contribution in [-0.4, -0.2) is 32.2 Å². The van der Waals surface area contributed by atoms with Gasteiger partial charge in [0.05, 0.1) is 11.4 Å². The Morgan fingerprint density at radius 3 is 2.95 bits per heavy atom. The third-order valence-electron chi connectivity index (χ3n) is 2.91. The molecule has 0 saturated heterocycles. The number of imidazole rings is 1. The number of nitrogens with zero attached hydrogens (tertiary/aromatic N) is 3. The molecule has 2 heterocycles. The Kier molecular flexibility index (Phi) is 3.84. The zero-order valence-electron chi connectivity index (χ0n) is 11.1. The quantitative estimate of drug-likeness (QED) is 0.679. The molecule has 0 spiro atoms. The summed E-state index contributed by atoms with van der Waals surface area (Å²) >= 11 is 0. The number of H-pyrrole nitrogens is 1. The molecule has 102 valence electrons. The van der Waals surface area contributed by atoms with Gasteiger partial charge in [0, 0.05) is 32.4 Å². The molecule has 0 bridgehead atoms. The van der Waals surface area contributed by atoms with Crippen molar-refractivity contribution in [1.29, 1.82) is 0 Å². The van der Waals surface area contributed by atoms with E-state index in [1.54, 1.807) is 26.4 Å². The first kappa shape index (κ1) is 13.1. The monoisotopic (exact) mass is 262 g/mol. The normalized spacial score (nSPS) is 10.6. The number of aryl methyl sites for hydroxylation is 3. The van der Waals surface area contributed by atoms with Crippen molar-refractivity contribution in [3.05, 3.63) is 29.6 Å². The number of aromatic nitrogens is 4. The maximum atomic E-state index is 12.0. The lowest BCUT2D eigenvalue weighted by molar-refractivity contribution is 0.0944. The van der Waals surface area contributed by atoms with E-state index in [1.165, 1.54) is 4.68 Å². The van der Waals surface area contributed by atoms with Gasteiger partial charge in [-0.15, -0.1) is 0 Å². The van der Waals surface area contributed by atoms with Crippen LogP contribution in [0.3, 0.4) is 0 Å². The van der Waals surface area contributed by atoms with Crippen molar-refractivity contribution in [1.82, 2.24) is 25.1 Å². The van der Waals surface area contributed by atoms with E-state index in [1.807, 2.05) is 0 Å². The van der Waals surface area contributed by atoms with Gasteiger partial charge in [-0.2, -0.15) is 5.10 Å². The molecule has 2 aromatic rings. The van der Waals surface area contributed by atoms with Gasteiger partial charge in [-0.05, 0) is 13.3 Å². The van der Waals surface area contributed by atoms with Gasteiger partial charge in [-0.25, -0.2) is 4.98 Å². The Balaban J connectivity index is 1.84. The molecule has 1 amide bonds. The molecular weight excluding hydrogens is 244 g/mol. The summed E-state index contributed by atoms with van der Waals surface area (Å²) in [7, 11) is 1.71. The third kappa shape index (κ3) is 2.93. The van der Waals surface area contributed by atoms with Crippen LogP contribution < -0.4 is 11.1 Å². The number of hydrogen-bond donors (Lipinski definition) is 3. The van der Waals surface area contributed by atoms with Crippen LogP contribution in [-0.2, 0) is 13.5 Å². The maximum absolute atomic E-state index is 12.0. The highest BCUT2D eigenvalue weighted by Gasteiger charge is 2.17. The highest BCUT2D eigenvalue weighted by Crippen LogP contribution is 2.14. The van der Waals surface area contributed by atoms with Crippen LogP contribution in [0.25, 0.3) is 0 Å². The number of carbonyl (C=O) groups is 1. The lowest BCUT2D eigenvalue weighted by atomic mass is 10.2. The molecule has 0 fully saturated rings. The Morgan fingerprint density at radius 1 is 1.58 bits per heavy atom. The van der Waals surface area contributed by atoms with Crippen molar-refractivity contribution in [2.45, 2.75) is 19.8 Å². The summed E-state index contributed by atoms with van der Waals surface area (Å²) in [5, 5.41) is 6.95. The second-order valence-corrected chi connectivity index (χ2v) is 4.37. The number of hydrogen-bond acceptors (Lipinski definition) is 4. The Bertz CT molecular complexity index is 557. The van der Waals surface area contributed by atoms with E-state index in [9.17, 15) is 4.79 Å². The molecular formula is C12H18N6O. The average molecular weight is 262 g/mol. The number of nitrogens with two attached hydrogens (primary N) is 1. The number of amides is 1. The minimum absolute atomic E-state index is 0.194. The first-order chi connectivity index (χ1) is 9.09. The first-order valence-corrected chi connectivity index (χ1v) is 6.15. The van der Waals surface area contributed by atoms with E-state index < -0.39 is 0 Å². The second-order valence-electron chi connectivity index (χ2n) is 4.37. The predicted octanol–water partition coefficient (Wildman–Crippen LogP) is 0.396. The molecule has 0 aliphatic heterocycles. The van der Waals surface area contributed by atoms with Crippen LogP contribution in [0.4, 0.5) is 5.69 Å². The van der Waals surface area contributed by atoms with Gasteiger partial charge < -0.3 is 16.0 Å². The zero-order valence-corrected chi connectivity index (χ0v) is 11.1. The molecule has 0 aliphatic carbocycles. The molecule has 4 N–H and O–H groups in total. The van der Waals surface area contributed by atoms with Crippen molar-refractivity contribution < 1.29 is 4.79 Å². The van der Waals surface area contributed by atoms with Crippen LogP contribution in [0.1, 0.15) is 28.4 Å². The van der Waals surface area contributed by atoms with Crippen LogP contribution >= 0.6 is 0 Å². The zero-order chi connectivity index (χ0) is 13.8. The molecule has 2 aromatic heterocycles. The first-order valence-electron chi connectivity index (χ1n) is 6.15. The Morgan fingerprint density at radius 2 is 2.37 bits per heavy atom. The van der Waals surface area contributed by atoms with E-state index in [0.717, 1.165) is 18.7 Å². The molecule has 0 radical (unpaired) electrons. The Labute approximate surface area is 111 Å². The topological polar surface area (TPSA) is 102 Å². The molecule has 0 saturated carbocycles. The standard InChI is InChI=1S/C12H18N6O/c1-8-10(13)11(18(2)17-8)12(19)16-5-3-4-9-14-6-7-15-9/h6-7H,3-5,13H2,1-2H3,(H,14,15)(H,16,19). The fourth-order valence-corrected chi connectivity index (χ4v) is 1.92. The lowest BCUT2D eigenvalue weighted by Gasteiger charge is -2.05. The molecule has 2 rings (SSSR count). The van der Waals surface area contributed by atoms with Crippen molar-refractivity contribution in [2.75, 3.05) is 12.3 Å². The van der Waals surface area contributed by atoms with E-state index >= 15 is 0 Å². The number of nitrogen functional groups attached to an aromatic ring is 1. The fourth-order valence-electron chi connectivity index (χ4n) is 1.92. The van der Waals surface area contributed by atoms with Gasteiger partial charge in [-0.1, -0.05) is 0 Å². The number of carbonyl (C=O) groups excluding carboxylic acids is 1. The van der Waals surface area contributed by atoms with Gasteiger partial charge in [-0.3, -0.25) is 9.48 Å². The minimum atomic E-state index is -0.194. The average Bonchev–Trinajstić information content (AvgIpc) is 2.95. The van der Waals surface area contributed by atoms with Gasteiger partial charge in [0.2, 0.25) is 0 Å². The summed E-state index contributed by atoms with van der Waals surface area (Å²) in [6.45, 7) is 2.35. The smallest absolute Gasteiger partial charge is 0.271 e. The number of anilines is 1. The van der Waals surface area contributed by atoms with E-state index in [0.29, 0.717) is 23.6 Å². The lowest BCUT2D eigenvalue weighted by Crippen LogP contribution is -2.27. The predicted molar refractivity (Wildman–Crippen MR) is 71.6 cm³/mol. The highest BCUT2D eigenvalue weighted by molar-refractivity contribution is 5.97. The van der Waals surface area contributed by atoms with Gasteiger partial charge in [0.1, 0.15) is 11.5 Å². The van der Waals surface area contributed by atoms with Crippen LogP contribution in [0.5, 0.6) is 0 Å². The van der Waals surface area contributed by atoms with Crippen LogP contribution in [0, 0.1) is 6.92 Å². The molecule has 0 aromatic carbocycles. The Hall–Kier alpha value is -2.31. The molecule has 7 nitrogen and oxygen atoms in total. The summed E-state index contributed by atoms with van der Waals surface area (Å²) in [5.74, 6) is 0.727. The summed E-state index contributed by atoms with van der Waals surface area (Å²) in [6.07, 6.45) is 5.11. The number of aromatic amines is 1. The summed E-state index contributed by atoms with van der Waals surface area (Å²) < 4.78 is 1.51. The largest absolute Gasteiger partial charge is 0.395 e. The maximum Gasteiger partial charge on any atom is 0.271 e. The van der Waals surface area contributed by atoms with Crippen LogP contribution in [0.15, 0.2) is 12.4 Å². The highest BCUT2D eigenvalue weighted by atomic mass is 16.2. The molecule has 0 unspecified atom stereocenters. The van der Waals surface area contributed by atoms with E-state index in [4.69, 9.17) is 5.73 Å². The van der Waals surface area contributed by atoms with Crippen molar-refractivity contribution >= 4 is 11.6 Å². The second kappa shape index (κ2) is 5.55. The SMILES string of the molecule is Cc1nn(C)c(C(=O)NCCCc2ncc[nH]2)c1N. The molecule has 19 heavy (non-hydrogen) atoms.